The Morgan fingerprint density at radius 3 is 3.00 bits per heavy atom. The largest absolute Gasteiger partial charge is 0.496 e. The van der Waals surface area contributed by atoms with Crippen molar-refractivity contribution in [3.05, 3.63) is 29.8 Å². The molecule has 1 aromatic rings. The van der Waals surface area contributed by atoms with Crippen molar-refractivity contribution in [1.29, 1.82) is 0 Å². The predicted molar refractivity (Wildman–Crippen MR) is 75.3 cm³/mol. The molecule has 4 nitrogen and oxygen atoms in total. The summed E-state index contributed by atoms with van der Waals surface area (Å²) in [4.78, 5) is 12.0. The van der Waals surface area contributed by atoms with Gasteiger partial charge in [-0.2, -0.15) is 0 Å². The van der Waals surface area contributed by atoms with Gasteiger partial charge in [0.15, 0.2) is 0 Å². The van der Waals surface area contributed by atoms with Crippen LogP contribution in [0.3, 0.4) is 0 Å². The zero-order valence-electron chi connectivity index (χ0n) is 11.6. The van der Waals surface area contributed by atoms with Crippen LogP contribution in [-0.4, -0.2) is 31.6 Å². The summed E-state index contributed by atoms with van der Waals surface area (Å²) < 4.78 is 5.33. The van der Waals surface area contributed by atoms with E-state index in [1.165, 1.54) is 0 Å². The van der Waals surface area contributed by atoms with Crippen molar-refractivity contribution in [3.63, 3.8) is 0 Å². The number of ether oxygens (including phenoxy) is 1. The minimum Gasteiger partial charge on any atom is -0.496 e. The normalized spacial score (nSPS) is 20.0. The maximum absolute atomic E-state index is 12.0. The highest BCUT2D eigenvalue weighted by molar-refractivity contribution is 5.82. The average molecular weight is 262 g/mol. The topological polar surface area (TPSA) is 50.4 Å². The third-order valence-corrected chi connectivity index (χ3v) is 3.48. The smallest absolute Gasteiger partial charge is 0.237 e. The van der Waals surface area contributed by atoms with Crippen LogP contribution < -0.4 is 15.4 Å². The van der Waals surface area contributed by atoms with Crippen molar-refractivity contribution in [2.45, 2.75) is 38.3 Å². The van der Waals surface area contributed by atoms with Crippen LogP contribution in [0.15, 0.2) is 24.3 Å². The lowest BCUT2D eigenvalue weighted by Gasteiger charge is -2.18. The molecule has 2 rings (SSSR count). The van der Waals surface area contributed by atoms with Crippen LogP contribution in [0.5, 0.6) is 5.75 Å². The van der Waals surface area contributed by atoms with E-state index in [1.807, 2.05) is 31.2 Å². The zero-order valence-corrected chi connectivity index (χ0v) is 11.6. The second-order valence-electron chi connectivity index (χ2n) is 5.07. The van der Waals surface area contributed by atoms with Gasteiger partial charge in [-0.1, -0.05) is 18.2 Å². The van der Waals surface area contributed by atoms with Gasteiger partial charge in [-0.15, -0.1) is 0 Å². The van der Waals surface area contributed by atoms with Crippen LogP contribution in [0.25, 0.3) is 0 Å². The van der Waals surface area contributed by atoms with Gasteiger partial charge in [-0.05, 0) is 44.4 Å². The van der Waals surface area contributed by atoms with E-state index < -0.39 is 0 Å². The van der Waals surface area contributed by atoms with Gasteiger partial charge in [0.05, 0.1) is 13.2 Å². The number of benzene rings is 1. The Kier molecular flexibility index (Phi) is 4.80. The van der Waals surface area contributed by atoms with Crippen molar-refractivity contribution in [2.24, 2.45) is 0 Å². The number of carbonyl (C=O) groups excluding carboxylic acids is 1. The molecule has 1 heterocycles. The van der Waals surface area contributed by atoms with Gasteiger partial charge in [-0.3, -0.25) is 4.79 Å². The Morgan fingerprint density at radius 2 is 2.32 bits per heavy atom. The second-order valence-corrected chi connectivity index (χ2v) is 5.07. The van der Waals surface area contributed by atoms with E-state index >= 15 is 0 Å². The molecule has 0 bridgehead atoms. The molecule has 1 aromatic carbocycles. The van der Waals surface area contributed by atoms with Crippen LogP contribution in [0.1, 0.15) is 25.3 Å². The molecule has 1 aliphatic heterocycles. The molecule has 104 valence electrons. The zero-order chi connectivity index (χ0) is 13.7. The van der Waals surface area contributed by atoms with Crippen LogP contribution in [0, 0.1) is 0 Å². The molecule has 19 heavy (non-hydrogen) atoms. The summed E-state index contributed by atoms with van der Waals surface area (Å²) in [5.41, 5.74) is 1.12. The number of hydrogen-bond donors (Lipinski definition) is 2. The summed E-state index contributed by atoms with van der Waals surface area (Å²) in [5, 5.41) is 6.28. The molecule has 2 atom stereocenters. The minimum absolute atomic E-state index is 0.0138. The molecule has 0 saturated carbocycles. The monoisotopic (exact) mass is 262 g/mol. The molecular formula is C15H22N2O2. The first kappa shape index (κ1) is 13.9. The summed E-state index contributed by atoms with van der Waals surface area (Å²) in [5.74, 6) is 0.988. The minimum atomic E-state index is -0.0138. The third-order valence-electron chi connectivity index (χ3n) is 3.48. The lowest BCUT2D eigenvalue weighted by molar-refractivity contribution is -0.123. The highest BCUT2D eigenvalue weighted by Crippen LogP contribution is 2.19. The summed E-state index contributed by atoms with van der Waals surface area (Å²) in [6.45, 7) is 2.97. The fourth-order valence-electron chi connectivity index (χ4n) is 2.50. The molecule has 0 aliphatic carbocycles. The van der Waals surface area contributed by atoms with Crippen molar-refractivity contribution < 1.29 is 9.53 Å². The number of methoxy groups -OCH3 is 1. The molecule has 1 unspecified atom stereocenters. The first-order valence-electron chi connectivity index (χ1n) is 6.86. The quantitative estimate of drug-likeness (QED) is 0.845. The Hall–Kier alpha value is -1.55. The number of para-hydroxylation sites is 1. The van der Waals surface area contributed by atoms with E-state index in [2.05, 4.69) is 10.6 Å². The maximum Gasteiger partial charge on any atom is 0.237 e. The maximum atomic E-state index is 12.0. The lowest BCUT2D eigenvalue weighted by Crippen LogP contribution is -2.44. The summed E-state index contributed by atoms with van der Waals surface area (Å²) in [6, 6.07) is 8.02. The molecular weight excluding hydrogens is 240 g/mol. The van der Waals surface area contributed by atoms with Crippen LogP contribution in [0.2, 0.25) is 0 Å². The fraction of sp³-hybridized carbons (Fsp3) is 0.533. The van der Waals surface area contributed by atoms with Gasteiger partial charge in [0.2, 0.25) is 5.91 Å². The Morgan fingerprint density at radius 1 is 1.53 bits per heavy atom. The van der Waals surface area contributed by atoms with E-state index in [9.17, 15) is 4.79 Å². The van der Waals surface area contributed by atoms with E-state index in [1.54, 1.807) is 7.11 Å². The van der Waals surface area contributed by atoms with E-state index in [-0.39, 0.29) is 18.0 Å². The molecule has 1 saturated heterocycles. The van der Waals surface area contributed by atoms with E-state index in [0.717, 1.165) is 37.1 Å². The Balaban J connectivity index is 1.89. The number of nitrogens with one attached hydrogen (secondary N) is 2. The summed E-state index contributed by atoms with van der Waals surface area (Å²) >= 11 is 0. The van der Waals surface area contributed by atoms with Gasteiger partial charge in [0.25, 0.3) is 0 Å². The predicted octanol–water partition coefficient (Wildman–Crippen LogP) is 1.49. The molecule has 0 aromatic heterocycles. The number of amides is 1. The highest BCUT2D eigenvalue weighted by atomic mass is 16.5. The van der Waals surface area contributed by atoms with Crippen molar-refractivity contribution in [2.75, 3.05) is 13.7 Å². The summed E-state index contributed by atoms with van der Waals surface area (Å²) in [6.07, 6.45) is 2.80. The van der Waals surface area contributed by atoms with E-state index in [4.69, 9.17) is 4.74 Å². The molecule has 1 aliphatic rings. The van der Waals surface area contributed by atoms with Gasteiger partial charge in [0, 0.05) is 6.04 Å². The first-order chi connectivity index (χ1) is 9.20. The fourth-order valence-corrected chi connectivity index (χ4v) is 2.50. The first-order valence-corrected chi connectivity index (χ1v) is 6.86. The van der Waals surface area contributed by atoms with Gasteiger partial charge in [-0.25, -0.2) is 0 Å². The number of carbonyl (C=O) groups is 1. The highest BCUT2D eigenvalue weighted by Gasteiger charge is 2.23. The molecule has 4 heteroatoms. The number of rotatable bonds is 5. The number of hydrogen-bond acceptors (Lipinski definition) is 3. The SMILES string of the molecule is COc1ccccc1CC(C)NC(=O)[C@@H]1CCCN1. The van der Waals surface area contributed by atoms with Gasteiger partial charge in [0.1, 0.15) is 5.75 Å². The molecule has 0 radical (unpaired) electrons. The van der Waals surface area contributed by atoms with Gasteiger partial charge < -0.3 is 15.4 Å². The second kappa shape index (κ2) is 6.57. The van der Waals surface area contributed by atoms with Crippen molar-refractivity contribution in [1.82, 2.24) is 10.6 Å². The standard InChI is InChI=1S/C15H22N2O2/c1-11(17-15(18)13-7-5-9-16-13)10-12-6-3-4-8-14(12)19-2/h3-4,6,8,11,13,16H,5,7,9-10H2,1-2H3,(H,17,18)/t11?,13-/m0/s1. The average Bonchev–Trinajstić information content (AvgIpc) is 2.93. The van der Waals surface area contributed by atoms with E-state index in [0.29, 0.717) is 0 Å². The Labute approximate surface area is 114 Å². The lowest BCUT2D eigenvalue weighted by atomic mass is 10.1. The molecule has 0 spiro atoms. The third kappa shape index (κ3) is 3.70. The van der Waals surface area contributed by atoms with Crippen molar-refractivity contribution in [3.8, 4) is 5.75 Å². The summed E-state index contributed by atoms with van der Waals surface area (Å²) in [7, 11) is 1.67. The van der Waals surface area contributed by atoms with Crippen molar-refractivity contribution >= 4 is 5.91 Å². The van der Waals surface area contributed by atoms with Crippen LogP contribution >= 0.6 is 0 Å². The van der Waals surface area contributed by atoms with Crippen LogP contribution in [-0.2, 0) is 11.2 Å². The Bertz CT molecular complexity index is 428. The molecule has 1 fully saturated rings. The van der Waals surface area contributed by atoms with Gasteiger partial charge >= 0.3 is 0 Å². The van der Waals surface area contributed by atoms with Crippen LogP contribution in [0.4, 0.5) is 0 Å². The molecule has 1 amide bonds. The molecule has 2 N–H and O–H groups in total.